The van der Waals surface area contributed by atoms with Gasteiger partial charge in [0.1, 0.15) is 11.7 Å². The largest absolute Gasteiger partial charge is 0.480 e. The zero-order valence-electron chi connectivity index (χ0n) is 13.7. The van der Waals surface area contributed by atoms with Gasteiger partial charge < -0.3 is 15.0 Å². The standard InChI is InChI=1S/C16H18N4O5/c1-3-10(2)14(16(22)23)18-15(21)11-4-5-12(13(8-11)20(24)25)19-7-6-17-9-19/h4-10,14H,3H2,1-2H3,(H,18,21)(H,22,23)/t10-,14-/m0/s1. The highest BCUT2D eigenvalue weighted by Crippen LogP contribution is 2.24. The lowest BCUT2D eigenvalue weighted by Gasteiger charge is -2.20. The Morgan fingerprint density at radius 2 is 2.16 bits per heavy atom. The SMILES string of the molecule is CC[C@H](C)[C@H](NC(=O)c1ccc(-n2ccnc2)c([N+](=O)[O-])c1)C(=O)O. The third-order valence-corrected chi connectivity index (χ3v) is 3.98. The van der Waals surface area contributed by atoms with E-state index in [9.17, 15) is 24.8 Å². The van der Waals surface area contributed by atoms with E-state index in [-0.39, 0.29) is 22.9 Å². The minimum atomic E-state index is -1.15. The van der Waals surface area contributed by atoms with Gasteiger partial charge in [0.15, 0.2) is 0 Å². The van der Waals surface area contributed by atoms with Crippen LogP contribution in [0.1, 0.15) is 30.6 Å². The number of carbonyl (C=O) groups is 2. The number of hydrogen-bond donors (Lipinski definition) is 2. The van der Waals surface area contributed by atoms with E-state index >= 15 is 0 Å². The molecule has 1 aromatic carbocycles. The lowest BCUT2D eigenvalue weighted by Crippen LogP contribution is -2.45. The molecule has 25 heavy (non-hydrogen) atoms. The van der Waals surface area contributed by atoms with Crippen LogP contribution in [0.3, 0.4) is 0 Å². The molecule has 0 radical (unpaired) electrons. The van der Waals surface area contributed by atoms with Crippen LogP contribution in [0.5, 0.6) is 0 Å². The van der Waals surface area contributed by atoms with E-state index in [1.807, 2.05) is 6.92 Å². The monoisotopic (exact) mass is 346 g/mol. The first kappa shape index (κ1) is 18.1. The molecule has 9 heteroatoms. The number of aromatic nitrogens is 2. The molecule has 9 nitrogen and oxygen atoms in total. The molecule has 0 aliphatic rings. The minimum Gasteiger partial charge on any atom is -0.480 e. The van der Waals surface area contributed by atoms with E-state index in [1.165, 1.54) is 29.2 Å². The summed E-state index contributed by atoms with van der Waals surface area (Å²) in [7, 11) is 0. The van der Waals surface area contributed by atoms with Crippen molar-refractivity contribution < 1.29 is 19.6 Å². The summed E-state index contributed by atoms with van der Waals surface area (Å²) in [5.41, 5.74) is 0.00180. The highest BCUT2D eigenvalue weighted by Gasteiger charge is 2.27. The van der Waals surface area contributed by atoms with Crippen LogP contribution in [-0.2, 0) is 4.79 Å². The second-order valence-electron chi connectivity index (χ2n) is 5.61. The molecular weight excluding hydrogens is 328 g/mol. The van der Waals surface area contributed by atoms with E-state index in [0.717, 1.165) is 6.07 Å². The number of carboxylic acids is 1. The van der Waals surface area contributed by atoms with E-state index in [0.29, 0.717) is 6.42 Å². The van der Waals surface area contributed by atoms with Gasteiger partial charge in [-0.3, -0.25) is 14.9 Å². The highest BCUT2D eigenvalue weighted by molar-refractivity contribution is 5.97. The Hall–Kier alpha value is -3.23. The molecule has 0 saturated heterocycles. The summed E-state index contributed by atoms with van der Waals surface area (Å²) in [5, 5.41) is 23.0. The molecule has 1 heterocycles. The topological polar surface area (TPSA) is 127 Å². The van der Waals surface area contributed by atoms with Crippen LogP contribution in [-0.4, -0.2) is 37.5 Å². The maximum atomic E-state index is 12.3. The number of hydrogen-bond acceptors (Lipinski definition) is 5. The van der Waals surface area contributed by atoms with Crippen molar-refractivity contribution in [2.75, 3.05) is 0 Å². The zero-order valence-corrected chi connectivity index (χ0v) is 13.7. The molecule has 2 aromatic rings. The Kier molecular flexibility index (Phi) is 5.48. The number of amides is 1. The second-order valence-corrected chi connectivity index (χ2v) is 5.61. The molecular formula is C16H18N4O5. The van der Waals surface area contributed by atoms with Crippen molar-refractivity contribution in [2.24, 2.45) is 5.92 Å². The lowest BCUT2D eigenvalue weighted by molar-refractivity contribution is -0.384. The smallest absolute Gasteiger partial charge is 0.326 e. The van der Waals surface area contributed by atoms with E-state index in [4.69, 9.17) is 0 Å². The fourth-order valence-electron chi connectivity index (χ4n) is 2.34. The van der Waals surface area contributed by atoms with Crippen molar-refractivity contribution in [3.05, 3.63) is 52.6 Å². The number of nitro groups is 1. The van der Waals surface area contributed by atoms with Gasteiger partial charge in [-0.1, -0.05) is 20.3 Å². The van der Waals surface area contributed by atoms with E-state index < -0.39 is 22.8 Å². The molecule has 0 bridgehead atoms. The summed E-state index contributed by atoms with van der Waals surface area (Å²) in [6, 6.07) is 2.89. The molecule has 2 rings (SSSR count). The first-order valence-corrected chi connectivity index (χ1v) is 7.65. The number of benzene rings is 1. The number of nitrogens with one attached hydrogen (secondary N) is 1. The van der Waals surface area contributed by atoms with Gasteiger partial charge in [-0.2, -0.15) is 0 Å². The number of rotatable bonds is 7. The highest BCUT2D eigenvalue weighted by atomic mass is 16.6. The van der Waals surface area contributed by atoms with Crippen LogP contribution in [0.2, 0.25) is 0 Å². The molecule has 0 unspecified atom stereocenters. The molecule has 2 N–H and O–H groups in total. The predicted molar refractivity (Wildman–Crippen MR) is 88.6 cm³/mol. The fraction of sp³-hybridized carbons (Fsp3) is 0.312. The third kappa shape index (κ3) is 4.00. The summed E-state index contributed by atoms with van der Waals surface area (Å²) in [6.07, 6.45) is 5.00. The normalized spacial score (nSPS) is 13.0. The second kappa shape index (κ2) is 7.56. The van der Waals surface area contributed by atoms with Crippen molar-refractivity contribution in [1.29, 1.82) is 0 Å². The van der Waals surface area contributed by atoms with Gasteiger partial charge >= 0.3 is 5.97 Å². The molecule has 132 valence electrons. The number of aliphatic carboxylic acids is 1. The van der Waals surface area contributed by atoms with Crippen LogP contribution in [0.15, 0.2) is 36.9 Å². The molecule has 2 atom stereocenters. The average Bonchev–Trinajstić information content (AvgIpc) is 3.12. The van der Waals surface area contributed by atoms with Gasteiger partial charge in [-0.25, -0.2) is 9.78 Å². The van der Waals surface area contributed by atoms with E-state index in [1.54, 1.807) is 13.1 Å². The average molecular weight is 346 g/mol. The van der Waals surface area contributed by atoms with Gasteiger partial charge in [-0.15, -0.1) is 0 Å². The molecule has 0 spiro atoms. The summed E-state index contributed by atoms with van der Waals surface area (Å²) in [6.45, 7) is 3.53. The maximum Gasteiger partial charge on any atom is 0.326 e. The first-order chi connectivity index (χ1) is 11.8. The molecule has 0 fully saturated rings. The Morgan fingerprint density at radius 1 is 1.44 bits per heavy atom. The molecule has 1 amide bonds. The summed E-state index contributed by atoms with van der Waals surface area (Å²) < 4.78 is 1.46. The van der Waals surface area contributed by atoms with E-state index in [2.05, 4.69) is 10.3 Å². The molecule has 0 aliphatic carbocycles. The number of carboxylic acid groups (broad SMARTS) is 1. The van der Waals surface area contributed by atoms with Gasteiger partial charge in [-0.05, 0) is 18.1 Å². The van der Waals surface area contributed by atoms with Crippen LogP contribution in [0, 0.1) is 16.0 Å². The Morgan fingerprint density at radius 3 is 2.68 bits per heavy atom. The first-order valence-electron chi connectivity index (χ1n) is 7.65. The van der Waals surface area contributed by atoms with Crippen LogP contribution >= 0.6 is 0 Å². The quantitative estimate of drug-likeness (QED) is 0.583. The van der Waals surface area contributed by atoms with Crippen molar-refractivity contribution in [2.45, 2.75) is 26.3 Å². The van der Waals surface area contributed by atoms with Crippen LogP contribution in [0.25, 0.3) is 5.69 Å². The Bertz CT molecular complexity index is 788. The van der Waals surface area contributed by atoms with Crippen LogP contribution in [0.4, 0.5) is 5.69 Å². The number of carbonyl (C=O) groups excluding carboxylic acids is 1. The van der Waals surface area contributed by atoms with Crippen LogP contribution < -0.4 is 5.32 Å². The number of nitrogens with zero attached hydrogens (tertiary/aromatic N) is 3. The van der Waals surface area contributed by atoms with Crippen molar-refractivity contribution in [3.63, 3.8) is 0 Å². The summed E-state index contributed by atoms with van der Waals surface area (Å²) in [4.78, 5) is 38.2. The molecule has 0 saturated carbocycles. The molecule has 1 aromatic heterocycles. The van der Waals surface area contributed by atoms with Crippen molar-refractivity contribution >= 4 is 17.6 Å². The Labute approximate surface area is 143 Å². The third-order valence-electron chi connectivity index (χ3n) is 3.98. The maximum absolute atomic E-state index is 12.3. The van der Waals surface area contributed by atoms with Gasteiger partial charge in [0.25, 0.3) is 11.6 Å². The van der Waals surface area contributed by atoms with Crippen molar-refractivity contribution in [1.82, 2.24) is 14.9 Å². The number of imidazole rings is 1. The number of nitro benzene ring substituents is 1. The summed E-state index contributed by atoms with van der Waals surface area (Å²) >= 11 is 0. The predicted octanol–water partition coefficient (Wildman–Crippen LogP) is 2.01. The molecule has 0 aliphatic heterocycles. The Balaban J connectivity index is 2.33. The van der Waals surface area contributed by atoms with Gasteiger partial charge in [0, 0.05) is 24.0 Å². The van der Waals surface area contributed by atoms with Crippen molar-refractivity contribution in [3.8, 4) is 5.69 Å². The van der Waals surface area contributed by atoms with Gasteiger partial charge in [0.05, 0.1) is 11.3 Å². The zero-order chi connectivity index (χ0) is 18.6. The minimum absolute atomic E-state index is 0.0186. The summed E-state index contributed by atoms with van der Waals surface area (Å²) in [5.74, 6) is -2.10. The van der Waals surface area contributed by atoms with Gasteiger partial charge in [0.2, 0.25) is 0 Å². The fourth-order valence-corrected chi connectivity index (χ4v) is 2.34. The lowest BCUT2D eigenvalue weighted by atomic mass is 9.99.